The Kier molecular flexibility index (Phi) is 17.7. The van der Waals surface area contributed by atoms with Gasteiger partial charge in [-0.2, -0.15) is 0 Å². The van der Waals surface area contributed by atoms with Gasteiger partial charge in [-0.3, -0.25) is 19.4 Å². The van der Waals surface area contributed by atoms with E-state index >= 15 is 0 Å². The summed E-state index contributed by atoms with van der Waals surface area (Å²) in [5.74, 6) is -0.122. The van der Waals surface area contributed by atoms with Crippen molar-refractivity contribution in [2.24, 2.45) is 0 Å². The number of hydrogen-bond acceptors (Lipinski definition) is 7. The van der Waals surface area contributed by atoms with Gasteiger partial charge in [-0.25, -0.2) is 0 Å². The van der Waals surface area contributed by atoms with Crippen molar-refractivity contribution in [3.8, 4) is 0 Å². The normalized spacial score (nSPS) is 23.1. The van der Waals surface area contributed by atoms with Crippen LogP contribution in [0.25, 0.3) is 0 Å². The highest BCUT2D eigenvalue weighted by atomic mass is 35.5. The van der Waals surface area contributed by atoms with Crippen LogP contribution in [-0.4, -0.2) is 111 Å². The van der Waals surface area contributed by atoms with Crippen LogP contribution in [0.2, 0.25) is 0 Å². The highest BCUT2D eigenvalue weighted by Gasteiger charge is 2.31. The van der Waals surface area contributed by atoms with E-state index < -0.39 is 0 Å². The molecule has 0 aromatic carbocycles. The Morgan fingerprint density at radius 2 is 1.53 bits per heavy atom. The molecule has 0 radical (unpaired) electrons. The number of carbonyl (C=O) groups excluding carboxylic acids is 2. The molecule has 0 aliphatic carbocycles. The minimum Gasteiger partial charge on any atom is -0.469 e. The first kappa shape index (κ1) is 32.1. The summed E-state index contributed by atoms with van der Waals surface area (Å²) in [4.78, 5) is 31.1. The maximum atomic E-state index is 12.8. The summed E-state index contributed by atoms with van der Waals surface area (Å²) in [5.41, 5.74) is 0. The summed E-state index contributed by atoms with van der Waals surface area (Å²) in [7, 11) is 1.40. The lowest BCUT2D eigenvalue weighted by atomic mass is 10.0. The van der Waals surface area contributed by atoms with Crippen LogP contribution in [0.5, 0.6) is 0 Å². The highest BCUT2D eigenvalue weighted by molar-refractivity contribution is 5.86. The third-order valence-electron chi connectivity index (χ3n) is 5.89. The summed E-state index contributed by atoms with van der Waals surface area (Å²) in [6, 6.07) is 0.603. The lowest BCUT2D eigenvalue weighted by Gasteiger charge is -2.42. The molecule has 12 heteroatoms. The van der Waals surface area contributed by atoms with Gasteiger partial charge in [0.25, 0.3) is 0 Å². The van der Waals surface area contributed by atoms with E-state index in [1.165, 1.54) is 20.0 Å². The van der Waals surface area contributed by atoms with Crippen molar-refractivity contribution in [3.05, 3.63) is 0 Å². The second-order valence-electron chi connectivity index (χ2n) is 7.52. The minimum absolute atomic E-state index is 0. The van der Waals surface area contributed by atoms with Gasteiger partial charge in [-0.05, 0) is 25.9 Å². The van der Waals surface area contributed by atoms with Gasteiger partial charge in [0.15, 0.2) is 0 Å². The number of nitrogens with one attached hydrogen (secondary N) is 2. The number of nitrogens with zero attached hydrogens (tertiary/aromatic N) is 3. The number of amides is 1. The van der Waals surface area contributed by atoms with E-state index in [9.17, 15) is 9.59 Å². The smallest absolute Gasteiger partial charge is 0.307 e. The predicted molar refractivity (Wildman–Crippen MR) is 128 cm³/mol. The molecule has 3 heterocycles. The molecule has 0 aromatic heterocycles. The molecular formula is C18H37Cl4N5O3. The Labute approximate surface area is 204 Å². The molecule has 3 saturated heterocycles. The van der Waals surface area contributed by atoms with Crippen molar-refractivity contribution >= 4 is 61.5 Å². The number of carbonyl (C=O) groups is 2. The van der Waals surface area contributed by atoms with Crippen LogP contribution in [-0.2, 0) is 14.3 Å². The van der Waals surface area contributed by atoms with Crippen molar-refractivity contribution in [1.29, 1.82) is 0 Å². The number of hydrogen-bond donors (Lipinski definition) is 2. The summed E-state index contributed by atoms with van der Waals surface area (Å²) >= 11 is 0. The molecule has 0 spiro atoms. The van der Waals surface area contributed by atoms with Crippen molar-refractivity contribution in [3.63, 3.8) is 0 Å². The maximum Gasteiger partial charge on any atom is 0.307 e. The molecule has 30 heavy (non-hydrogen) atoms. The summed E-state index contributed by atoms with van der Waals surface area (Å²) in [6.45, 7) is 8.79. The fourth-order valence-corrected chi connectivity index (χ4v) is 4.29. The zero-order valence-electron chi connectivity index (χ0n) is 17.5. The molecule has 3 aliphatic rings. The lowest BCUT2D eigenvalue weighted by Crippen LogP contribution is -2.58. The van der Waals surface area contributed by atoms with E-state index in [1.807, 2.05) is 4.90 Å². The van der Waals surface area contributed by atoms with E-state index in [0.29, 0.717) is 25.7 Å². The molecule has 0 saturated carbocycles. The maximum absolute atomic E-state index is 12.8. The van der Waals surface area contributed by atoms with Crippen LogP contribution in [0.4, 0.5) is 0 Å². The van der Waals surface area contributed by atoms with Gasteiger partial charge in [0.2, 0.25) is 5.91 Å². The average Bonchev–Trinajstić information content (AvgIpc) is 2.69. The molecule has 1 atom stereocenters. The van der Waals surface area contributed by atoms with Crippen LogP contribution >= 0.6 is 49.6 Å². The monoisotopic (exact) mass is 511 g/mol. The second-order valence-corrected chi connectivity index (χ2v) is 7.52. The first-order valence-corrected chi connectivity index (χ1v) is 9.91. The first-order valence-electron chi connectivity index (χ1n) is 9.91. The van der Waals surface area contributed by atoms with E-state index in [-0.39, 0.29) is 74.0 Å². The van der Waals surface area contributed by atoms with E-state index in [4.69, 9.17) is 4.74 Å². The molecule has 0 bridgehead atoms. The first-order chi connectivity index (χ1) is 12.7. The predicted octanol–water partition coefficient (Wildman–Crippen LogP) is 0.407. The third-order valence-corrected chi connectivity index (χ3v) is 5.89. The Hall–Kier alpha value is -0.0600. The number of methoxy groups -OCH3 is 1. The van der Waals surface area contributed by atoms with Crippen LogP contribution in [0.3, 0.4) is 0 Å². The number of ether oxygens (including phenoxy) is 1. The molecule has 3 rings (SSSR count). The Morgan fingerprint density at radius 1 is 0.900 bits per heavy atom. The second kappa shape index (κ2) is 16.6. The summed E-state index contributed by atoms with van der Waals surface area (Å²) in [5, 5.41) is 6.69. The highest BCUT2D eigenvalue weighted by Crippen LogP contribution is 2.15. The number of esters is 1. The fraction of sp³-hybridized carbons (Fsp3) is 0.889. The van der Waals surface area contributed by atoms with Crippen molar-refractivity contribution < 1.29 is 14.3 Å². The molecule has 0 aromatic rings. The topological polar surface area (TPSA) is 77.2 Å². The molecule has 1 unspecified atom stereocenters. The standard InChI is InChI=1S/C18H33N5O3.4ClH/c1-26-18(25)12-16-13-20-6-7-23(16)17(24)14-21-8-10-22(11-9-21)15-2-4-19-5-3-15;;;;/h15-16,19-20H,2-14H2,1H3;4*1H. The van der Waals surface area contributed by atoms with Crippen LogP contribution in [0, 0.1) is 0 Å². The number of rotatable bonds is 5. The quantitative estimate of drug-likeness (QED) is 0.516. The number of halogens is 4. The van der Waals surface area contributed by atoms with Gasteiger partial charge in [-0.15, -0.1) is 49.6 Å². The van der Waals surface area contributed by atoms with Crippen LogP contribution in [0.1, 0.15) is 19.3 Å². The molecule has 3 fully saturated rings. The molecular weight excluding hydrogens is 476 g/mol. The minimum atomic E-state index is -0.257. The van der Waals surface area contributed by atoms with E-state index in [2.05, 4.69) is 20.4 Å². The van der Waals surface area contributed by atoms with Gasteiger partial charge >= 0.3 is 5.97 Å². The van der Waals surface area contributed by atoms with Crippen molar-refractivity contribution in [2.45, 2.75) is 31.3 Å². The van der Waals surface area contributed by atoms with Gasteiger partial charge < -0.3 is 20.3 Å². The van der Waals surface area contributed by atoms with Crippen LogP contribution in [0.15, 0.2) is 0 Å². The van der Waals surface area contributed by atoms with E-state index in [0.717, 1.165) is 45.8 Å². The number of piperidine rings is 1. The Balaban J connectivity index is 0. The SMILES string of the molecule is COC(=O)CC1CNCCN1C(=O)CN1CCN(C2CCNCC2)CC1.Cl.Cl.Cl.Cl. The summed E-state index contributed by atoms with van der Waals surface area (Å²) < 4.78 is 4.78. The zero-order chi connectivity index (χ0) is 18.4. The zero-order valence-corrected chi connectivity index (χ0v) is 20.8. The molecule has 8 nitrogen and oxygen atoms in total. The van der Waals surface area contributed by atoms with Crippen molar-refractivity contribution in [1.82, 2.24) is 25.3 Å². The van der Waals surface area contributed by atoms with Gasteiger partial charge in [0.05, 0.1) is 26.1 Å². The number of piperazine rings is 2. The molecule has 2 N–H and O–H groups in total. The molecule has 180 valence electrons. The Morgan fingerprint density at radius 3 is 2.13 bits per heavy atom. The Bertz CT molecular complexity index is 492. The van der Waals surface area contributed by atoms with Gasteiger partial charge in [-0.1, -0.05) is 0 Å². The third kappa shape index (κ3) is 9.20. The van der Waals surface area contributed by atoms with Crippen LogP contribution < -0.4 is 10.6 Å². The van der Waals surface area contributed by atoms with E-state index in [1.54, 1.807) is 0 Å². The average molecular weight is 513 g/mol. The molecule has 3 aliphatic heterocycles. The van der Waals surface area contributed by atoms with Gasteiger partial charge in [0, 0.05) is 51.9 Å². The lowest BCUT2D eigenvalue weighted by molar-refractivity contribution is -0.144. The molecule has 1 amide bonds. The fourth-order valence-electron chi connectivity index (χ4n) is 4.29. The summed E-state index contributed by atoms with van der Waals surface area (Å²) in [6.07, 6.45) is 2.72. The largest absolute Gasteiger partial charge is 0.469 e. The van der Waals surface area contributed by atoms with Gasteiger partial charge in [0.1, 0.15) is 0 Å². The van der Waals surface area contributed by atoms with Crippen molar-refractivity contribution in [2.75, 3.05) is 72.6 Å².